The zero-order chi connectivity index (χ0) is 9.26. The Bertz CT molecular complexity index is 334. The summed E-state index contributed by atoms with van der Waals surface area (Å²) in [6.45, 7) is 3.67. The van der Waals surface area contributed by atoms with Crippen molar-refractivity contribution in [2.75, 3.05) is 13.1 Å². The normalized spacial score (nSPS) is 15.5. The fraction of sp³-hybridized carbons (Fsp3) is 0.364. The summed E-state index contributed by atoms with van der Waals surface area (Å²) in [5, 5.41) is 3.11. The molecule has 76 valence electrons. The van der Waals surface area contributed by atoms with Crippen molar-refractivity contribution in [2.45, 2.75) is 6.92 Å². The number of hydrogen-bond acceptors (Lipinski definition) is 2. The summed E-state index contributed by atoms with van der Waals surface area (Å²) in [4.78, 5) is 11.8. The van der Waals surface area contributed by atoms with Gasteiger partial charge in [-0.3, -0.25) is 4.79 Å². The highest BCUT2D eigenvalue weighted by Crippen LogP contribution is 2.15. The van der Waals surface area contributed by atoms with E-state index in [4.69, 9.17) is 0 Å². The lowest BCUT2D eigenvalue weighted by Crippen LogP contribution is -2.46. The summed E-state index contributed by atoms with van der Waals surface area (Å²) in [7, 11) is 0. The lowest BCUT2D eigenvalue weighted by atomic mass is 9.91. The number of benzene rings is 1. The molecule has 0 aromatic heterocycles. The number of hydrogen-bond donors (Lipinski definition) is 1. The van der Waals surface area contributed by atoms with Crippen LogP contribution in [0.3, 0.4) is 0 Å². The van der Waals surface area contributed by atoms with Crippen LogP contribution in [0.5, 0.6) is 0 Å². The van der Waals surface area contributed by atoms with Gasteiger partial charge in [-0.05, 0) is 12.5 Å². The molecule has 0 amide bonds. The summed E-state index contributed by atoms with van der Waals surface area (Å²) in [5.74, 6) is 0.498. The fourth-order valence-electron chi connectivity index (χ4n) is 1.54. The first kappa shape index (κ1) is 11.2. The summed E-state index contributed by atoms with van der Waals surface area (Å²) < 4.78 is 0. The van der Waals surface area contributed by atoms with Crippen LogP contribution < -0.4 is 5.32 Å². The molecule has 2 rings (SSSR count). The highest BCUT2D eigenvalue weighted by atomic mass is 35.5. The van der Waals surface area contributed by atoms with Crippen LogP contribution in [0.2, 0.25) is 0 Å². The van der Waals surface area contributed by atoms with Crippen LogP contribution in [-0.4, -0.2) is 18.9 Å². The van der Waals surface area contributed by atoms with Crippen LogP contribution in [-0.2, 0) is 0 Å². The number of nitrogens with one attached hydrogen (secondary N) is 1. The molecule has 1 saturated heterocycles. The predicted molar refractivity (Wildman–Crippen MR) is 59.1 cm³/mol. The van der Waals surface area contributed by atoms with E-state index in [-0.39, 0.29) is 24.1 Å². The molecule has 1 N–H and O–H groups in total. The van der Waals surface area contributed by atoms with Gasteiger partial charge in [-0.2, -0.15) is 0 Å². The number of halogens is 1. The number of rotatable bonds is 2. The average Bonchev–Trinajstić information content (AvgIpc) is 2.01. The molecule has 0 radical (unpaired) electrons. The third-order valence-electron chi connectivity index (χ3n) is 2.56. The van der Waals surface area contributed by atoms with Crippen molar-refractivity contribution in [3.05, 3.63) is 35.4 Å². The minimum absolute atomic E-state index is 0. The van der Waals surface area contributed by atoms with Gasteiger partial charge in [0, 0.05) is 24.6 Å². The number of ketones is 1. The average molecular weight is 212 g/mol. The first-order chi connectivity index (χ1) is 6.29. The molecule has 1 aliphatic rings. The molecule has 0 unspecified atom stereocenters. The minimum Gasteiger partial charge on any atom is -0.315 e. The van der Waals surface area contributed by atoms with Crippen LogP contribution in [0.1, 0.15) is 15.9 Å². The lowest BCUT2D eigenvalue weighted by Gasteiger charge is -2.26. The third kappa shape index (κ3) is 1.97. The number of Topliss-reactive ketones (excluding diaryl/α,β-unsaturated/α-hetero) is 1. The first-order valence-electron chi connectivity index (χ1n) is 4.59. The zero-order valence-corrected chi connectivity index (χ0v) is 8.93. The Hall–Kier alpha value is -0.860. The minimum atomic E-state index is 0. The second-order valence-corrected chi connectivity index (χ2v) is 3.53. The smallest absolute Gasteiger partial charge is 0.168 e. The number of carbonyl (C=O) groups is 1. The Morgan fingerprint density at radius 2 is 2.00 bits per heavy atom. The van der Waals surface area contributed by atoms with Gasteiger partial charge in [0.25, 0.3) is 0 Å². The van der Waals surface area contributed by atoms with Crippen molar-refractivity contribution in [1.29, 1.82) is 0 Å². The van der Waals surface area contributed by atoms with Gasteiger partial charge in [-0.25, -0.2) is 0 Å². The van der Waals surface area contributed by atoms with E-state index in [2.05, 4.69) is 5.32 Å². The highest BCUT2D eigenvalue weighted by Gasteiger charge is 2.26. The lowest BCUT2D eigenvalue weighted by molar-refractivity contribution is 0.0877. The summed E-state index contributed by atoms with van der Waals surface area (Å²) in [5.41, 5.74) is 1.97. The van der Waals surface area contributed by atoms with Gasteiger partial charge in [-0.15, -0.1) is 12.4 Å². The molecule has 1 aromatic carbocycles. The molecule has 14 heavy (non-hydrogen) atoms. The van der Waals surface area contributed by atoms with Crippen LogP contribution in [0.25, 0.3) is 0 Å². The first-order valence-corrected chi connectivity index (χ1v) is 4.59. The van der Waals surface area contributed by atoms with E-state index in [0.717, 1.165) is 24.2 Å². The van der Waals surface area contributed by atoms with E-state index in [1.807, 2.05) is 31.2 Å². The molecule has 1 aromatic rings. The van der Waals surface area contributed by atoms with E-state index in [1.54, 1.807) is 0 Å². The SMILES string of the molecule is Cc1ccccc1C(=O)C1CNC1.Cl. The summed E-state index contributed by atoms with van der Waals surface area (Å²) in [6, 6.07) is 7.78. The predicted octanol–water partition coefficient (Wildman–Crippen LogP) is 1.82. The monoisotopic (exact) mass is 211 g/mol. The molecular formula is C11H14ClNO. The van der Waals surface area contributed by atoms with E-state index >= 15 is 0 Å². The Morgan fingerprint density at radius 3 is 2.50 bits per heavy atom. The molecule has 0 aliphatic carbocycles. The second kappa shape index (κ2) is 4.58. The number of aryl methyl sites for hydroxylation is 1. The van der Waals surface area contributed by atoms with Gasteiger partial charge >= 0.3 is 0 Å². The van der Waals surface area contributed by atoms with Crippen molar-refractivity contribution in [3.63, 3.8) is 0 Å². The van der Waals surface area contributed by atoms with E-state index in [9.17, 15) is 4.79 Å². The van der Waals surface area contributed by atoms with Crippen LogP contribution in [0.15, 0.2) is 24.3 Å². The maximum absolute atomic E-state index is 11.8. The van der Waals surface area contributed by atoms with Crippen LogP contribution in [0.4, 0.5) is 0 Å². The van der Waals surface area contributed by atoms with Crippen LogP contribution in [0, 0.1) is 12.8 Å². The fourth-order valence-corrected chi connectivity index (χ4v) is 1.54. The van der Waals surface area contributed by atoms with E-state index in [0.29, 0.717) is 0 Å². The topological polar surface area (TPSA) is 29.1 Å². The molecule has 1 heterocycles. The van der Waals surface area contributed by atoms with Gasteiger partial charge in [0.1, 0.15) is 0 Å². The maximum atomic E-state index is 11.8. The van der Waals surface area contributed by atoms with Gasteiger partial charge in [-0.1, -0.05) is 24.3 Å². The largest absolute Gasteiger partial charge is 0.315 e. The maximum Gasteiger partial charge on any atom is 0.168 e. The molecule has 0 spiro atoms. The van der Waals surface area contributed by atoms with Gasteiger partial charge in [0.05, 0.1) is 0 Å². The Kier molecular flexibility index (Phi) is 3.67. The molecule has 3 heteroatoms. The molecule has 1 aliphatic heterocycles. The Labute approximate surface area is 90.1 Å². The molecular weight excluding hydrogens is 198 g/mol. The Balaban J connectivity index is 0.000000980. The highest BCUT2D eigenvalue weighted by molar-refractivity contribution is 5.99. The summed E-state index contributed by atoms with van der Waals surface area (Å²) >= 11 is 0. The van der Waals surface area contributed by atoms with Crippen molar-refractivity contribution >= 4 is 18.2 Å². The molecule has 2 nitrogen and oxygen atoms in total. The van der Waals surface area contributed by atoms with Crippen molar-refractivity contribution in [2.24, 2.45) is 5.92 Å². The molecule has 0 bridgehead atoms. The second-order valence-electron chi connectivity index (χ2n) is 3.53. The number of carbonyl (C=O) groups excluding carboxylic acids is 1. The Morgan fingerprint density at radius 1 is 1.36 bits per heavy atom. The quantitative estimate of drug-likeness (QED) is 0.757. The molecule has 1 fully saturated rings. The molecule has 0 saturated carbocycles. The van der Waals surface area contributed by atoms with E-state index < -0.39 is 0 Å². The summed E-state index contributed by atoms with van der Waals surface area (Å²) in [6.07, 6.45) is 0. The van der Waals surface area contributed by atoms with Gasteiger partial charge in [0.2, 0.25) is 0 Å². The van der Waals surface area contributed by atoms with Crippen molar-refractivity contribution < 1.29 is 4.79 Å². The third-order valence-corrected chi connectivity index (χ3v) is 2.56. The van der Waals surface area contributed by atoms with Crippen molar-refractivity contribution in [3.8, 4) is 0 Å². The van der Waals surface area contributed by atoms with E-state index in [1.165, 1.54) is 0 Å². The van der Waals surface area contributed by atoms with Gasteiger partial charge < -0.3 is 5.32 Å². The zero-order valence-electron chi connectivity index (χ0n) is 8.12. The van der Waals surface area contributed by atoms with Crippen LogP contribution >= 0.6 is 12.4 Å². The standard InChI is InChI=1S/C11H13NO.ClH/c1-8-4-2-3-5-10(8)11(13)9-6-12-7-9;/h2-5,9,12H,6-7H2,1H3;1H. The van der Waals surface area contributed by atoms with Crippen molar-refractivity contribution in [1.82, 2.24) is 5.32 Å². The van der Waals surface area contributed by atoms with Gasteiger partial charge in [0.15, 0.2) is 5.78 Å². The molecule has 0 atom stereocenters.